The molecule has 2 N–H and O–H groups in total. The Labute approximate surface area is 105 Å². The van der Waals surface area contributed by atoms with E-state index in [1.807, 2.05) is 6.20 Å². The first-order valence-electron chi connectivity index (χ1n) is 6.73. The quantitative estimate of drug-likeness (QED) is 0.684. The second kappa shape index (κ2) is 3.83. The molecule has 92 valence electrons. The number of aromatic amines is 2. The van der Waals surface area contributed by atoms with E-state index >= 15 is 0 Å². The lowest BCUT2D eigenvalue weighted by molar-refractivity contribution is 0.431. The van der Waals surface area contributed by atoms with Gasteiger partial charge in [-0.3, -0.25) is 0 Å². The lowest BCUT2D eigenvalue weighted by Gasteiger charge is -2.18. The maximum absolute atomic E-state index is 4.73. The van der Waals surface area contributed by atoms with Gasteiger partial charge in [-0.25, -0.2) is 9.97 Å². The summed E-state index contributed by atoms with van der Waals surface area (Å²) in [6.45, 7) is 0. The molecular weight excluding hydrogens is 224 g/mol. The largest absolute Gasteiger partial charge is 0.307 e. The molecule has 1 saturated carbocycles. The fourth-order valence-corrected chi connectivity index (χ4v) is 3.01. The van der Waals surface area contributed by atoms with Gasteiger partial charge in [0.25, 0.3) is 0 Å². The predicted molar refractivity (Wildman–Crippen MR) is 71.6 cm³/mol. The molecule has 1 aliphatic rings. The van der Waals surface area contributed by atoms with Crippen LogP contribution in [0.25, 0.3) is 21.9 Å². The van der Waals surface area contributed by atoms with Crippen LogP contribution >= 0.6 is 0 Å². The monoisotopic (exact) mass is 240 g/mol. The van der Waals surface area contributed by atoms with E-state index in [-0.39, 0.29) is 0 Å². The molecule has 0 unspecified atom stereocenters. The average Bonchev–Trinajstić information content (AvgIpc) is 3.01. The van der Waals surface area contributed by atoms with E-state index in [2.05, 4.69) is 22.3 Å². The standard InChI is InChI=1S/C14H16N4/c1-2-4-9(5-3-1)14-16-12-6-10-8-15-18-11(10)7-13(12)17-14/h6-9,15,18H,1-5H2. The highest BCUT2D eigenvalue weighted by molar-refractivity contribution is 5.92. The van der Waals surface area contributed by atoms with Gasteiger partial charge in [0.15, 0.2) is 0 Å². The van der Waals surface area contributed by atoms with Crippen molar-refractivity contribution in [3.8, 4) is 0 Å². The Kier molecular flexibility index (Phi) is 2.15. The molecule has 3 aromatic rings. The Balaban J connectivity index is 1.82. The van der Waals surface area contributed by atoms with Gasteiger partial charge in [-0.1, -0.05) is 19.3 Å². The van der Waals surface area contributed by atoms with E-state index in [1.54, 1.807) is 0 Å². The van der Waals surface area contributed by atoms with Gasteiger partial charge >= 0.3 is 0 Å². The van der Waals surface area contributed by atoms with Crippen LogP contribution in [0.15, 0.2) is 18.3 Å². The molecule has 18 heavy (non-hydrogen) atoms. The number of nitrogens with one attached hydrogen (secondary N) is 2. The molecule has 4 heteroatoms. The maximum atomic E-state index is 4.73. The molecule has 0 aliphatic heterocycles. The maximum Gasteiger partial charge on any atom is 0.132 e. The van der Waals surface area contributed by atoms with Crippen molar-refractivity contribution in [3.05, 3.63) is 24.2 Å². The number of hydrogen-bond donors (Lipinski definition) is 2. The molecule has 2 aromatic heterocycles. The topological polar surface area (TPSA) is 57.4 Å². The highest BCUT2D eigenvalue weighted by Crippen LogP contribution is 2.32. The van der Waals surface area contributed by atoms with Gasteiger partial charge in [0.2, 0.25) is 0 Å². The van der Waals surface area contributed by atoms with Crippen molar-refractivity contribution in [3.63, 3.8) is 0 Å². The number of nitrogens with zero attached hydrogens (tertiary/aromatic N) is 2. The minimum Gasteiger partial charge on any atom is -0.307 e. The Morgan fingerprint density at radius 3 is 2.61 bits per heavy atom. The number of benzene rings is 1. The van der Waals surface area contributed by atoms with E-state index in [0.717, 1.165) is 27.8 Å². The van der Waals surface area contributed by atoms with E-state index in [1.165, 1.54) is 32.1 Å². The summed E-state index contributed by atoms with van der Waals surface area (Å²) in [5.41, 5.74) is 3.13. The fourth-order valence-electron chi connectivity index (χ4n) is 3.01. The third-order valence-electron chi connectivity index (χ3n) is 4.02. The van der Waals surface area contributed by atoms with Gasteiger partial charge in [-0.2, -0.15) is 0 Å². The van der Waals surface area contributed by atoms with Gasteiger partial charge in [-0.15, -0.1) is 0 Å². The Bertz CT molecular complexity index is 640. The lowest BCUT2D eigenvalue weighted by atomic mass is 9.89. The number of hydrogen-bond acceptors (Lipinski definition) is 2. The predicted octanol–water partition coefficient (Wildman–Crippen LogP) is 3.49. The molecule has 0 atom stereocenters. The SMILES string of the molecule is c1[nH][nH]c2cc3nc(C4CCCCC4)nc3cc12. The first-order chi connectivity index (χ1) is 8.90. The first-order valence-corrected chi connectivity index (χ1v) is 6.73. The summed E-state index contributed by atoms with van der Waals surface area (Å²) in [6, 6.07) is 4.19. The molecule has 1 aliphatic carbocycles. The highest BCUT2D eigenvalue weighted by Gasteiger charge is 2.19. The van der Waals surface area contributed by atoms with Crippen LogP contribution in [-0.4, -0.2) is 20.2 Å². The summed E-state index contributed by atoms with van der Waals surface area (Å²) < 4.78 is 0. The number of rotatable bonds is 1. The van der Waals surface area contributed by atoms with Crippen LogP contribution in [-0.2, 0) is 0 Å². The highest BCUT2D eigenvalue weighted by atomic mass is 15.1. The molecule has 0 amide bonds. The molecule has 4 nitrogen and oxygen atoms in total. The van der Waals surface area contributed by atoms with E-state index in [9.17, 15) is 0 Å². The number of H-pyrrole nitrogens is 2. The summed E-state index contributed by atoms with van der Waals surface area (Å²) in [5.74, 6) is 1.64. The van der Waals surface area contributed by atoms with Gasteiger partial charge in [0.05, 0.1) is 16.6 Å². The van der Waals surface area contributed by atoms with E-state index in [0.29, 0.717) is 5.92 Å². The van der Waals surface area contributed by atoms with Crippen molar-refractivity contribution in [2.45, 2.75) is 38.0 Å². The van der Waals surface area contributed by atoms with Crippen LogP contribution in [0.1, 0.15) is 43.8 Å². The van der Waals surface area contributed by atoms with Crippen molar-refractivity contribution in [2.75, 3.05) is 0 Å². The molecule has 2 heterocycles. The first kappa shape index (κ1) is 10.1. The van der Waals surface area contributed by atoms with Crippen molar-refractivity contribution in [1.82, 2.24) is 20.2 Å². The summed E-state index contributed by atoms with van der Waals surface area (Å²) in [6.07, 6.45) is 8.49. The van der Waals surface area contributed by atoms with E-state index < -0.39 is 0 Å². The zero-order chi connectivity index (χ0) is 11.9. The van der Waals surface area contributed by atoms with Crippen LogP contribution in [0.4, 0.5) is 0 Å². The van der Waals surface area contributed by atoms with Crippen molar-refractivity contribution in [2.24, 2.45) is 0 Å². The summed E-state index contributed by atoms with van der Waals surface area (Å²) >= 11 is 0. The minimum atomic E-state index is 0.580. The van der Waals surface area contributed by atoms with Crippen LogP contribution in [0, 0.1) is 0 Å². The third-order valence-corrected chi connectivity index (χ3v) is 4.02. The van der Waals surface area contributed by atoms with Crippen LogP contribution in [0.5, 0.6) is 0 Å². The zero-order valence-electron chi connectivity index (χ0n) is 10.2. The summed E-state index contributed by atoms with van der Waals surface area (Å²) in [7, 11) is 0. The van der Waals surface area contributed by atoms with Crippen LogP contribution < -0.4 is 0 Å². The van der Waals surface area contributed by atoms with Crippen LogP contribution in [0.2, 0.25) is 0 Å². The van der Waals surface area contributed by atoms with Gasteiger partial charge < -0.3 is 10.2 Å². The van der Waals surface area contributed by atoms with Crippen molar-refractivity contribution < 1.29 is 0 Å². The fraction of sp³-hybridized carbons (Fsp3) is 0.429. The zero-order valence-corrected chi connectivity index (χ0v) is 10.2. The summed E-state index contributed by atoms with van der Waals surface area (Å²) in [5, 5.41) is 7.27. The second-order valence-electron chi connectivity index (χ2n) is 5.26. The minimum absolute atomic E-state index is 0.580. The third kappa shape index (κ3) is 1.52. The van der Waals surface area contributed by atoms with Gasteiger partial charge in [-0.05, 0) is 25.0 Å². The second-order valence-corrected chi connectivity index (χ2v) is 5.26. The van der Waals surface area contributed by atoms with Crippen molar-refractivity contribution >= 4 is 21.9 Å². The average molecular weight is 240 g/mol. The number of aromatic nitrogens is 4. The molecule has 0 spiro atoms. The van der Waals surface area contributed by atoms with Gasteiger partial charge in [0.1, 0.15) is 5.82 Å². The van der Waals surface area contributed by atoms with Crippen molar-refractivity contribution in [1.29, 1.82) is 0 Å². The Hall–Kier alpha value is -1.84. The Morgan fingerprint density at radius 1 is 1.00 bits per heavy atom. The van der Waals surface area contributed by atoms with E-state index in [4.69, 9.17) is 9.97 Å². The smallest absolute Gasteiger partial charge is 0.132 e. The molecule has 1 aromatic carbocycles. The normalized spacial score (nSPS) is 17.8. The number of fused-ring (bicyclic) bond motifs is 2. The molecule has 4 rings (SSSR count). The molecule has 0 bridgehead atoms. The van der Waals surface area contributed by atoms with Gasteiger partial charge in [0, 0.05) is 17.5 Å². The molecular formula is C14H16N4. The number of imidazole rings is 1. The lowest BCUT2D eigenvalue weighted by Crippen LogP contribution is -2.05. The molecule has 1 fully saturated rings. The summed E-state index contributed by atoms with van der Waals surface area (Å²) in [4.78, 5) is 9.45. The Morgan fingerprint density at radius 2 is 1.78 bits per heavy atom. The molecule has 0 saturated heterocycles. The molecule has 0 radical (unpaired) electrons. The van der Waals surface area contributed by atoms with Crippen LogP contribution in [0.3, 0.4) is 0 Å².